The van der Waals surface area contributed by atoms with E-state index in [4.69, 9.17) is 4.98 Å². The number of halogens is 1. The Labute approximate surface area is 132 Å². The van der Waals surface area contributed by atoms with Crippen LogP contribution in [0.1, 0.15) is 36.9 Å². The molecule has 0 radical (unpaired) electrons. The molecule has 1 saturated carbocycles. The minimum Gasteiger partial charge on any atom is -0.372 e. The lowest BCUT2D eigenvalue weighted by Crippen LogP contribution is -2.06. The maximum atomic E-state index is 4.80. The van der Waals surface area contributed by atoms with Gasteiger partial charge in [0.2, 0.25) is 0 Å². The van der Waals surface area contributed by atoms with Gasteiger partial charge in [0.15, 0.2) is 5.82 Å². The molecule has 0 unspecified atom stereocenters. The topological polar surface area (TPSA) is 50.7 Å². The summed E-state index contributed by atoms with van der Waals surface area (Å²) < 4.78 is 1.14. The van der Waals surface area contributed by atoms with Crippen molar-refractivity contribution >= 4 is 28.4 Å². The fraction of sp³-hybridized carbons (Fsp3) is 0.400. The summed E-state index contributed by atoms with van der Waals surface area (Å²) in [4.78, 5) is 13.9. The standard InChI is InChI=1S/C15H17IN4/c1-3-9-5-4-8-18-13(9)15-19-12(10-6-7-10)11(16)14(17-2)20-15/h4-5,8,10H,3,6-7H2,1-2H3,(H,17,19,20). The maximum absolute atomic E-state index is 4.80. The SMILES string of the molecule is CCc1cccnc1-c1nc(NC)c(I)c(C2CC2)n1. The highest BCUT2D eigenvalue weighted by Gasteiger charge is 2.29. The number of anilines is 1. The Morgan fingerprint density at radius 2 is 2.15 bits per heavy atom. The van der Waals surface area contributed by atoms with Crippen LogP contribution in [-0.2, 0) is 6.42 Å². The molecule has 1 N–H and O–H groups in total. The van der Waals surface area contributed by atoms with Crippen LogP contribution in [-0.4, -0.2) is 22.0 Å². The van der Waals surface area contributed by atoms with Crippen molar-refractivity contribution in [1.29, 1.82) is 0 Å². The first-order chi connectivity index (χ1) is 9.74. The van der Waals surface area contributed by atoms with Gasteiger partial charge in [-0.15, -0.1) is 0 Å². The van der Waals surface area contributed by atoms with E-state index in [9.17, 15) is 0 Å². The van der Waals surface area contributed by atoms with Crippen molar-refractivity contribution in [3.05, 3.63) is 33.2 Å². The Morgan fingerprint density at radius 3 is 2.80 bits per heavy atom. The first kappa shape index (κ1) is 13.7. The largest absolute Gasteiger partial charge is 0.372 e. The van der Waals surface area contributed by atoms with Crippen LogP contribution in [0.5, 0.6) is 0 Å². The number of aromatic nitrogens is 3. The van der Waals surface area contributed by atoms with Gasteiger partial charge in [-0.1, -0.05) is 13.0 Å². The van der Waals surface area contributed by atoms with Gasteiger partial charge in [-0.25, -0.2) is 9.97 Å². The molecule has 2 heterocycles. The minimum absolute atomic E-state index is 0.601. The van der Waals surface area contributed by atoms with Gasteiger partial charge in [0.1, 0.15) is 11.5 Å². The average molecular weight is 380 g/mol. The normalized spacial score (nSPS) is 14.3. The minimum atomic E-state index is 0.601. The van der Waals surface area contributed by atoms with Crippen molar-refractivity contribution in [2.75, 3.05) is 12.4 Å². The van der Waals surface area contributed by atoms with Gasteiger partial charge < -0.3 is 5.32 Å². The molecule has 1 aliphatic carbocycles. The summed E-state index contributed by atoms with van der Waals surface area (Å²) in [5.41, 5.74) is 3.27. The van der Waals surface area contributed by atoms with E-state index in [0.29, 0.717) is 5.92 Å². The number of hydrogen-bond acceptors (Lipinski definition) is 4. The molecule has 5 heteroatoms. The Bertz CT molecular complexity index is 638. The second-order valence-corrected chi connectivity index (χ2v) is 6.06. The van der Waals surface area contributed by atoms with Crippen molar-refractivity contribution in [3.63, 3.8) is 0 Å². The number of nitrogens with one attached hydrogen (secondary N) is 1. The Balaban J connectivity index is 2.15. The fourth-order valence-corrected chi connectivity index (χ4v) is 3.24. The first-order valence-corrected chi connectivity index (χ1v) is 8.02. The maximum Gasteiger partial charge on any atom is 0.180 e. The second kappa shape index (κ2) is 5.63. The summed E-state index contributed by atoms with van der Waals surface area (Å²) in [6, 6.07) is 4.06. The summed E-state index contributed by atoms with van der Waals surface area (Å²) in [5, 5.41) is 3.18. The van der Waals surface area contributed by atoms with Crippen LogP contribution in [0.4, 0.5) is 5.82 Å². The summed E-state index contributed by atoms with van der Waals surface area (Å²) in [7, 11) is 1.91. The van der Waals surface area contributed by atoms with E-state index in [0.717, 1.165) is 27.3 Å². The van der Waals surface area contributed by atoms with E-state index in [1.165, 1.54) is 24.1 Å². The third kappa shape index (κ3) is 2.51. The number of pyridine rings is 1. The van der Waals surface area contributed by atoms with Crippen LogP contribution >= 0.6 is 22.6 Å². The van der Waals surface area contributed by atoms with E-state index < -0.39 is 0 Å². The molecule has 0 bridgehead atoms. The van der Waals surface area contributed by atoms with E-state index in [-0.39, 0.29) is 0 Å². The van der Waals surface area contributed by atoms with Crippen LogP contribution in [0.3, 0.4) is 0 Å². The molecule has 0 aliphatic heterocycles. The predicted molar refractivity (Wildman–Crippen MR) is 88.9 cm³/mol. The lowest BCUT2D eigenvalue weighted by Gasteiger charge is -2.12. The summed E-state index contributed by atoms with van der Waals surface area (Å²) in [5.74, 6) is 2.25. The third-order valence-corrected chi connectivity index (χ3v) is 4.63. The molecule has 0 atom stereocenters. The number of aryl methyl sites for hydroxylation is 1. The van der Waals surface area contributed by atoms with Crippen molar-refractivity contribution in [2.45, 2.75) is 32.1 Å². The molecule has 104 valence electrons. The highest BCUT2D eigenvalue weighted by atomic mass is 127. The molecule has 0 spiro atoms. The molecule has 0 amide bonds. The highest BCUT2D eigenvalue weighted by Crippen LogP contribution is 2.42. The van der Waals surface area contributed by atoms with Crippen LogP contribution in [0.2, 0.25) is 0 Å². The van der Waals surface area contributed by atoms with Crippen molar-refractivity contribution in [1.82, 2.24) is 15.0 Å². The van der Waals surface area contributed by atoms with Crippen LogP contribution in [0.15, 0.2) is 18.3 Å². The molecule has 2 aromatic rings. The van der Waals surface area contributed by atoms with Gasteiger partial charge in [-0.05, 0) is 53.5 Å². The molecule has 1 aliphatic rings. The second-order valence-electron chi connectivity index (χ2n) is 4.98. The molecule has 2 aromatic heterocycles. The lowest BCUT2D eigenvalue weighted by molar-refractivity contribution is 0.965. The van der Waals surface area contributed by atoms with Gasteiger partial charge in [0.25, 0.3) is 0 Å². The molecule has 4 nitrogen and oxygen atoms in total. The monoisotopic (exact) mass is 380 g/mol. The van der Waals surface area contributed by atoms with Crippen LogP contribution in [0, 0.1) is 3.57 Å². The van der Waals surface area contributed by atoms with Gasteiger partial charge in [0.05, 0.1) is 9.26 Å². The number of hydrogen-bond donors (Lipinski definition) is 1. The Hall–Kier alpha value is -1.24. The first-order valence-electron chi connectivity index (χ1n) is 6.94. The van der Waals surface area contributed by atoms with E-state index in [1.807, 2.05) is 19.3 Å². The van der Waals surface area contributed by atoms with Gasteiger partial charge in [0, 0.05) is 19.2 Å². The van der Waals surface area contributed by atoms with Crippen molar-refractivity contribution in [2.24, 2.45) is 0 Å². The third-order valence-electron chi connectivity index (χ3n) is 3.56. The fourth-order valence-electron chi connectivity index (χ4n) is 2.29. The zero-order chi connectivity index (χ0) is 14.1. The molecule has 0 saturated heterocycles. The van der Waals surface area contributed by atoms with Gasteiger partial charge >= 0.3 is 0 Å². The van der Waals surface area contributed by atoms with Gasteiger partial charge in [-0.3, -0.25) is 4.98 Å². The summed E-state index contributed by atoms with van der Waals surface area (Å²) in [6.45, 7) is 2.13. The van der Waals surface area contributed by atoms with Crippen molar-refractivity contribution in [3.8, 4) is 11.5 Å². The summed E-state index contributed by atoms with van der Waals surface area (Å²) in [6.07, 6.45) is 5.22. The zero-order valence-electron chi connectivity index (χ0n) is 11.7. The number of rotatable bonds is 4. The van der Waals surface area contributed by atoms with E-state index >= 15 is 0 Å². The Morgan fingerprint density at radius 1 is 1.35 bits per heavy atom. The molecule has 20 heavy (non-hydrogen) atoms. The Kier molecular flexibility index (Phi) is 3.87. The van der Waals surface area contributed by atoms with E-state index in [1.54, 1.807) is 0 Å². The molecule has 0 aromatic carbocycles. The van der Waals surface area contributed by atoms with Crippen LogP contribution in [0.25, 0.3) is 11.5 Å². The molecular formula is C15H17IN4. The van der Waals surface area contributed by atoms with E-state index in [2.05, 4.69) is 50.9 Å². The predicted octanol–water partition coefficient (Wildman–Crippen LogP) is 3.62. The molecular weight excluding hydrogens is 363 g/mol. The lowest BCUT2D eigenvalue weighted by atomic mass is 10.1. The zero-order valence-corrected chi connectivity index (χ0v) is 13.8. The number of nitrogens with zero attached hydrogens (tertiary/aromatic N) is 3. The average Bonchev–Trinajstić information content (AvgIpc) is 3.32. The smallest absolute Gasteiger partial charge is 0.180 e. The van der Waals surface area contributed by atoms with Crippen molar-refractivity contribution < 1.29 is 0 Å². The summed E-state index contributed by atoms with van der Waals surface area (Å²) >= 11 is 2.34. The highest BCUT2D eigenvalue weighted by molar-refractivity contribution is 14.1. The van der Waals surface area contributed by atoms with Crippen LogP contribution < -0.4 is 5.32 Å². The quantitative estimate of drug-likeness (QED) is 0.824. The molecule has 3 rings (SSSR count). The van der Waals surface area contributed by atoms with Gasteiger partial charge in [-0.2, -0.15) is 0 Å². The molecule has 1 fully saturated rings.